The fourth-order valence-electron chi connectivity index (χ4n) is 7.87. The summed E-state index contributed by atoms with van der Waals surface area (Å²) in [6.07, 6.45) is 53.3. The van der Waals surface area contributed by atoms with E-state index in [4.69, 9.17) is 4.74 Å². The Balaban J connectivity index is 3.42. The summed E-state index contributed by atoms with van der Waals surface area (Å²) in [5, 5.41) is 23.0. The number of carbonyl (C=O) groups excluding carboxylic acids is 2. The van der Waals surface area contributed by atoms with Crippen molar-refractivity contribution in [2.75, 3.05) is 13.2 Å². The minimum absolute atomic E-state index is 0.000208. The lowest BCUT2D eigenvalue weighted by molar-refractivity contribution is -0.143. The van der Waals surface area contributed by atoms with E-state index in [-0.39, 0.29) is 18.5 Å². The fraction of sp³-hybridized carbons (Fsp3) is 0.922. The molecule has 6 heteroatoms. The second kappa shape index (κ2) is 47.3. The molecular formula is C51H99NO5. The van der Waals surface area contributed by atoms with E-state index in [2.05, 4.69) is 31.3 Å². The normalized spacial score (nSPS) is 12.7. The van der Waals surface area contributed by atoms with Crippen molar-refractivity contribution in [3.63, 3.8) is 0 Å². The van der Waals surface area contributed by atoms with Crippen molar-refractivity contribution in [3.8, 4) is 0 Å². The molecular weight excluding hydrogens is 707 g/mol. The molecule has 0 aliphatic heterocycles. The maximum atomic E-state index is 12.4. The van der Waals surface area contributed by atoms with Crippen molar-refractivity contribution < 1.29 is 24.5 Å². The number of nitrogens with one attached hydrogen (secondary N) is 1. The van der Waals surface area contributed by atoms with Gasteiger partial charge >= 0.3 is 5.97 Å². The topological polar surface area (TPSA) is 95.9 Å². The molecule has 57 heavy (non-hydrogen) atoms. The number of unbranched alkanes of at least 4 members (excludes halogenated alkanes) is 34. The van der Waals surface area contributed by atoms with E-state index in [0.29, 0.717) is 25.9 Å². The first kappa shape index (κ1) is 55.6. The largest absolute Gasteiger partial charge is 0.466 e. The zero-order valence-corrected chi connectivity index (χ0v) is 38.3. The number of allylic oxidation sites excluding steroid dienone is 2. The van der Waals surface area contributed by atoms with Gasteiger partial charge in [-0.2, -0.15) is 0 Å². The summed E-state index contributed by atoms with van der Waals surface area (Å²) in [7, 11) is 0. The number of aliphatic hydroxyl groups excluding tert-OH is 2. The van der Waals surface area contributed by atoms with Gasteiger partial charge in [0.05, 0.1) is 25.4 Å². The van der Waals surface area contributed by atoms with E-state index in [1.807, 2.05) is 0 Å². The Morgan fingerprint density at radius 2 is 0.825 bits per heavy atom. The van der Waals surface area contributed by atoms with E-state index in [0.717, 1.165) is 64.2 Å². The lowest BCUT2D eigenvalue weighted by Crippen LogP contribution is -2.45. The molecule has 0 saturated heterocycles. The Labute approximate surface area is 355 Å². The van der Waals surface area contributed by atoms with Crippen LogP contribution >= 0.6 is 0 Å². The monoisotopic (exact) mass is 806 g/mol. The average Bonchev–Trinajstić information content (AvgIpc) is 3.21. The van der Waals surface area contributed by atoms with Gasteiger partial charge in [0.15, 0.2) is 0 Å². The Hall–Kier alpha value is -1.40. The molecule has 0 heterocycles. The van der Waals surface area contributed by atoms with E-state index in [1.165, 1.54) is 180 Å². The smallest absolute Gasteiger partial charge is 0.305 e. The number of esters is 1. The Bertz CT molecular complexity index is 847. The second-order valence-corrected chi connectivity index (χ2v) is 17.5. The van der Waals surface area contributed by atoms with Crippen molar-refractivity contribution in [2.24, 2.45) is 0 Å². The van der Waals surface area contributed by atoms with Gasteiger partial charge in [-0.25, -0.2) is 0 Å². The van der Waals surface area contributed by atoms with Gasteiger partial charge in [0.1, 0.15) is 0 Å². The predicted octanol–water partition coefficient (Wildman–Crippen LogP) is 15.0. The van der Waals surface area contributed by atoms with Crippen molar-refractivity contribution >= 4 is 11.9 Å². The number of amides is 1. The number of aliphatic hydroxyl groups is 2. The van der Waals surface area contributed by atoms with Crippen LogP contribution in [-0.4, -0.2) is 47.4 Å². The summed E-state index contributed by atoms with van der Waals surface area (Å²) in [5.41, 5.74) is 0. The standard InChI is InChI=1S/C51H99NO5/c1-3-5-7-9-11-13-14-15-18-22-25-29-33-37-41-45-51(56)57-46-42-38-34-30-26-23-20-17-16-19-21-24-28-32-36-40-44-50(55)52-48(47-53)49(54)43-39-35-31-27-12-10-8-6-4-2/h16,19,48-49,53-54H,3-15,17-18,20-47H2,1-2H3,(H,52,55)/b19-16-. The van der Waals surface area contributed by atoms with Crippen LogP contribution in [0.25, 0.3) is 0 Å². The molecule has 0 spiro atoms. The van der Waals surface area contributed by atoms with E-state index in [1.54, 1.807) is 0 Å². The maximum Gasteiger partial charge on any atom is 0.305 e. The lowest BCUT2D eigenvalue weighted by atomic mass is 10.0. The molecule has 0 aliphatic rings. The van der Waals surface area contributed by atoms with Crippen LogP contribution in [0.15, 0.2) is 12.2 Å². The Morgan fingerprint density at radius 3 is 1.25 bits per heavy atom. The van der Waals surface area contributed by atoms with Crippen LogP contribution < -0.4 is 5.32 Å². The first-order valence-electron chi connectivity index (χ1n) is 25.4. The van der Waals surface area contributed by atoms with Crippen molar-refractivity contribution in [3.05, 3.63) is 12.2 Å². The summed E-state index contributed by atoms with van der Waals surface area (Å²) >= 11 is 0. The van der Waals surface area contributed by atoms with Crippen LogP contribution in [0.5, 0.6) is 0 Å². The van der Waals surface area contributed by atoms with Gasteiger partial charge in [-0.05, 0) is 51.4 Å². The maximum absolute atomic E-state index is 12.4. The number of rotatable bonds is 47. The number of carbonyl (C=O) groups is 2. The fourth-order valence-corrected chi connectivity index (χ4v) is 7.87. The summed E-state index contributed by atoms with van der Waals surface area (Å²) in [4.78, 5) is 24.4. The number of hydrogen-bond acceptors (Lipinski definition) is 5. The van der Waals surface area contributed by atoms with Gasteiger partial charge in [-0.15, -0.1) is 0 Å². The van der Waals surface area contributed by atoms with Gasteiger partial charge in [-0.1, -0.05) is 225 Å². The molecule has 2 atom stereocenters. The molecule has 0 aromatic carbocycles. The first-order valence-corrected chi connectivity index (χ1v) is 25.4. The van der Waals surface area contributed by atoms with Gasteiger partial charge in [0.25, 0.3) is 0 Å². The molecule has 2 unspecified atom stereocenters. The number of ether oxygens (including phenoxy) is 1. The van der Waals surface area contributed by atoms with Crippen molar-refractivity contribution in [1.29, 1.82) is 0 Å². The predicted molar refractivity (Wildman–Crippen MR) is 246 cm³/mol. The highest BCUT2D eigenvalue weighted by atomic mass is 16.5. The Morgan fingerprint density at radius 1 is 0.474 bits per heavy atom. The number of hydrogen-bond donors (Lipinski definition) is 3. The molecule has 0 saturated carbocycles. The van der Waals surface area contributed by atoms with E-state index >= 15 is 0 Å². The molecule has 0 aliphatic carbocycles. The van der Waals surface area contributed by atoms with Crippen LogP contribution in [0, 0.1) is 0 Å². The molecule has 3 N–H and O–H groups in total. The van der Waals surface area contributed by atoms with Crippen LogP contribution in [-0.2, 0) is 14.3 Å². The third-order valence-corrected chi connectivity index (χ3v) is 11.8. The second-order valence-electron chi connectivity index (χ2n) is 17.5. The van der Waals surface area contributed by atoms with Crippen LogP contribution in [0.3, 0.4) is 0 Å². The molecule has 0 aromatic heterocycles. The first-order chi connectivity index (χ1) is 28.0. The average molecular weight is 806 g/mol. The minimum Gasteiger partial charge on any atom is -0.466 e. The minimum atomic E-state index is -0.671. The molecule has 0 aromatic rings. The third-order valence-electron chi connectivity index (χ3n) is 11.8. The van der Waals surface area contributed by atoms with Gasteiger partial charge in [0.2, 0.25) is 5.91 Å². The van der Waals surface area contributed by atoms with Gasteiger partial charge in [0, 0.05) is 12.8 Å². The lowest BCUT2D eigenvalue weighted by Gasteiger charge is -2.22. The highest BCUT2D eigenvalue weighted by Gasteiger charge is 2.20. The third kappa shape index (κ3) is 44.0. The van der Waals surface area contributed by atoms with Crippen LogP contribution in [0.2, 0.25) is 0 Å². The molecule has 6 nitrogen and oxygen atoms in total. The van der Waals surface area contributed by atoms with Crippen molar-refractivity contribution in [2.45, 2.75) is 289 Å². The quantitative estimate of drug-likeness (QED) is 0.0323. The Kier molecular flexibility index (Phi) is 46.1. The summed E-state index contributed by atoms with van der Waals surface area (Å²) in [6.45, 7) is 4.91. The highest BCUT2D eigenvalue weighted by molar-refractivity contribution is 5.76. The van der Waals surface area contributed by atoms with Crippen LogP contribution in [0.1, 0.15) is 277 Å². The summed E-state index contributed by atoms with van der Waals surface area (Å²) < 4.78 is 5.46. The van der Waals surface area contributed by atoms with Gasteiger partial charge in [-0.3, -0.25) is 9.59 Å². The van der Waals surface area contributed by atoms with Crippen LogP contribution in [0.4, 0.5) is 0 Å². The van der Waals surface area contributed by atoms with E-state index in [9.17, 15) is 19.8 Å². The molecule has 0 radical (unpaired) electrons. The molecule has 1 amide bonds. The molecule has 338 valence electrons. The molecule has 0 rings (SSSR count). The van der Waals surface area contributed by atoms with Gasteiger partial charge < -0.3 is 20.3 Å². The SMILES string of the molecule is CCCCCCCCCCCCCCCCCC(=O)OCCCCCCCCC/C=C\CCCCCCCC(=O)NC(CO)C(O)CCCCCCCCCCC. The molecule has 0 bridgehead atoms. The molecule has 0 fully saturated rings. The van der Waals surface area contributed by atoms with E-state index < -0.39 is 12.1 Å². The summed E-state index contributed by atoms with van der Waals surface area (Å²) in [5.74, 6) is -0.0544. The zero-order chi connectivity index (χ0) is 41.5. The summed E-state index contributed by atoms with van der Waals surface area (Å²) in [6, 6.07) is -0.550. The zero-order valence-electron chi connectivity index (χ0n) is 38.3. The van der Waals surface area contributed by atoms with Crippen molar-refractivity contribution in [1.82, 2.24) is 5.32 Å². The highest BCUT2D eigenvalue weighted by Crippen LogP contribution is 2.16.